The molecule has 0 aromatic heterocycles. The van der Waals surface area contributed by atoms with E-state index in [1.165, 1.54) is 23.8 Å². The fourth-order valence-electron chi connectivity index (χ4n) is 3.82. The summed E-state index contributed by atoms with van der Waals surface area (Å²) in [6.45, 7) is 0. The smallest absolute Gasteiger partial charge is 0.305 e. The normalized spacial score (nSPS) is 23.1. The van der Waals surface area contributed by atoms with Gasteiger partial charge in [-0.3, -0.25) is 4.79 Å². The zero-order chi connectivity index (χ0) is 16.2. The summed E-state index contributed by atoms with van der Waals surface area (Å²) in [6.07, 6.45) is 1.38. The van der Waals surface area contributed by atoms with Crippen molar-refractivity contribution in [1.82, 2.24) is 5.32 Å². The SMILES string of the molecule is CN[C@H]1C[C@H](CC(=O)OC)[C@@H](c2ccccc2)c2ccccc21. The molecule has 3 rings (SSSR count). The molecule has 3 nitrogen and oxygen atoms in total. The fourth-order valence-corrected chi connectivity index (χ4v) is 3.82. The maximum absolute atomic E-state index is 11.9. The molecule has 3 heteroatoms. The van der Waals surface area contributed by atoms with Crippen LogP contribution in [0.4, 0.5) is 0 Å². The Morgan fingerprint density at radius 1 is 1.09 bits per heavy atom. The molecule has 0 heterocycles. The van der Waals surface area contributed by atoms with E-state index < -0.39 is 0 Å². The predicted molar refractivity (Wildman–Crippen MR) is 91.3 cm³/mol. The molecule has 0 bridgehead atoms. The lowest BCUT2D eigenvalue weighted by atomic mass is 9.69. The number of nitrogens with one attached hydrogen (secondary N) is 1. The van der Waals surface area contributed by atoms with Gasteiger partial charge in [0.15, 0.2) is 0 Å². The molecule has 3 atom stereocenters. The molecule has 120 valence electrons. The monoisotopic (exact) mass is 309 g/mol. The van der Waals surface area contributed by atoms with Gasteiger partial charge < -0.3 is 10.1 Å². The maximum Gasteiger partial charge on any atom is 0.305 e. The minimum absolute atomic E-state index is 0.134. The molecule has 0 unspecified atom stereocenters. The number of esters is 1. The minimum atomic E-state index is -0.134. The van der Waals surface area contributed by atoms with Gasteiger partial charge in [0, 0.05) is 18.4 Å². The first-order valence-corrected chi connectivity index (χ1v) is 8.12. The van der Waals surface area contributed by atoms with Gasteiger partial charge in [0.25, 0.3) is 0 Å². The van der Waals surface area contributed by atoms with Crippen molar-refractivity contribution < 1.29 is 9.53 Å². The Balaban J connectivity index is 2.07. The number of ether oxygens (including phenoxy) is 1. The maximum atomic E-state index is 11.9. The highest BCUT2D eigenvalue weighted by Crippen LogP contribution is 2.46. The van der Waals surface area contributed by atoms with Crippen LogP contribution >= 0.6 is 0 Å². The lowest BCUT2D eigenvalue weighted by Gasteiger charge is -2.38. The second-order valence-electron chi connectivity index (χ2n) is 6.13. The molecule has 1 N–H and O–H groups in total. The number of methoxy groups -OCH3 is 1. The van der Waals surface area contributed by atoms with Crippen molar-refractivity contribution in [3.05, 3.63) is 71.3 Å². The Bertz CT molecular complexity index is 668. The molecule has 0 fully saturated rings. The Morgan fingerprint density at radius 3 is 2.39 bits per heavy atom. The second kappa shape index (κ2) is 6.97. The molecule has 0 spiro atoms. The van der Waals surface area contributed by atoms with Gasteiger partial charge in [-0.15, -0.1) is 0 Å². The average molecular weight is 309 g/mol. The van der Waals surface area contributed by atoms with Crippen LogP contribution in [0.25, 0.3) is 0 Å². The van der Waals surface area contributed by atoms with Crippen molar-refractivity contribution in [2.75, 3.05) is 14.2 Å². The summed E-state index contributed by atoms with van der Waals surface area (Å²) in [7, 11) is 3.45. The van der Waals surface area contributed by atoms with E-state index in [1.54, 1.807) is 0 Å². The van der Waals surface area contributed by atoms with E-state index >= 15 is 0 Å². The molecule has 1 aliphatic rings. The van der Waals surface area contributed by atoms with E-state index in [0.29, 0.717) is 6.42 Å². The average Bonchev–Trinajstić information content (AvgIpc) is 2.61. The molecular formula is C20H23NO2. The number of fused-ring (bicyclic) bond motifs is 1. The van der Waals surface area contributed by atoms with Crippen LogP contribution in [0.2, 0.25) is 0 Å². The molecule has 2 aromatic carbocycles. The summed E-state index contributed by atoms with van der Waals surface area (Å²) in [5, 5.41) is 3.40. The van der Waals surface area contributed by atoms with Crippen LogP contribution in [-0.4, -0.2) is 20.1 Å². The van der Waals surface area contributed by atoms with E-state index in [9.17, 15) is 4.79 Å². The van der Waals surface area contributed by atoms with E-state index in [-0.39, 0.29) is 23.8 Å². The minimum Gasteiger partial charge on any atom is -0.469 e. The summed E-state index contributed by atoms with van der Waals surface area (Å²) in [6, 6.07) is 19.3. The predicted octanol–water partition coefficient (Wildman–Crippen LogP) is 3.66. The Labute approximate surface area is 137 Å². The Hall–Kier alpha value is -2.13. The summed E-state index contributed by atoms with van der Waals surface area (Å²) in [5.74, 6) is 0.332. The number of hydrogen-bond acceptors (Lipinski definition) is 3. The van der Waals surface area contributed by atoms with E-state index in [4.69, 9.17) is 4.74 Å². The number of rotatable bonds is 4. The van der Waals surface area contributed by atoms with E-state index in [0.717, 1.165) is 6.42 Å². The van der Waals surface area contributed by atoms with Crippen molar-refractivity contribution in [3.63, 3.8) is 0 Å². The van der Waals surface area contributed by atoms with Crippen molar-refractivity contribution >= 4 is 5.97 Å². The van der Waals surface area contributed by atoms with Crippen LogP contribution in [0, 0.1) is 5.92 Å². The molecule has 0 radical (unpaired) electrons. The van der Waals surface area contributed by atoms with Gasteiger partial charge in [-0.25, -0.2) is 0 Å². The topological polar surface area (TPSA) is 38.3 Å². The molecule has 0 saturated heterocycles. The van der Waals surface area contributed by atoms with Crippen LogP contribution < -0.4 is 5.32 Å². The molecule has 1 aliphatic carbocycles. The first kappa shape index (κ1) is 15.8. The zero-order valence-electron chi connectivity index (χ0n) is 13.7. The van der Waals surface area contributed by atoms with Crippen LogP contribution in [0.3, 0.4) is 0 Å². The van der Waals surface area contributed by atoms with Gasteiger partial charge in [-0.2, -0.15) is 0 Å². The molecule has 0 aliphatic heterocycles. The third-order valence-corrected chi connectivity index (χ3v) is 4.88. The number of carbonyl (C=O) groups is 1. The highest BCUT2D eigenvalue weighted by molar-refractivity contribution is 5.70. The highest BCUT2D eigenvalue weighted by Gasteiger charge is 2.36. The van der Waals surface area contributed by atoms with Crippen LogP contribution in [-0.2, 0) is 9.53 Å². The summed E-state index contributed by atoms with van der Waals surface area (Å²) < 4.78 is 4.93. The summed E-state index contributed by atoms with van der Waals surface area (Å²) in [5.41, 5.74) is 3.92. The van der Waals surface area contributed by atoms with Gasteiger partial charge in [-0.05, 0) is 36.1 Å². The van der Waals surface area contributed by atoms with E-state index in [1.807, 2.05) is 13.1 Å². The molecule has 23 heavy (non-hydrogen) atoms. The lowest BCUT2D eigenvalue weighted by Crippen LogP contribution is -2.32. The Kier molecular flexibility index (Phi) is 4.77. The lowest BCUT2D eigenvalue weighted by molar-refractivity contribution is -0.142. The van der Waals surface area contributed by atoms with Gasteiger partial charge >= 0.3 is 5.97 Å². The molecular weight excluding hydrogens is 286 g/mol. The third kappa shape index (κ3) is 3.15. The molecule has 0 saturated carbocycles. The quantitative estimate of drug-likeness (QED) is 0.876. The largest absolute Gasteiger partial charge is 0.469 e. The van der Waals surface area contributed by atoms with Crippen molar-refractivity contribution in [1.29, 1.82) is 0 Å². The Morgan fingerprint density at radius 2 is 1.74 bits per heavy atom. The molecule has 0 amide bonds. The standard InChI is InChI=1S/C20H23NO2/c1-21-18-12-15(13-19(22)23-2)20(14-8-4-3-5-9-14)17-11-7-6-10-16(17)18/h3-11,15,18,20-21H,12-13H2,1-2H3/t15-,18+,20-/m1/s1. The van der Waals surface area contributed by atoms with Gasteiger partial charge in [0.05, 0.1) is 7.11 Å². The van der Waals surface area contributed by atoms with Crippen LogP contribution in [0.1, 0.15) is 41.5 Å². The second-order valence-corrected chi connectivity index (χ2v) is 6.13. The number of benzene rings is 2. The summed E-state index contributed by atoms with van der Waals surface area (Å²) in [4.78, 5) is 11.9. The zero-order valence-corrected chi connectivity index (χ0v) is 13.7. The third-order valence-electron chi connectivity index (χ3n) is 4.88. The van der Waals surface area contributed by atoms with Crippen molar-refractivity contribution in [3.8, 4) is 0 Å². The first-order chi connectivity index (χ1) is 11.2. The molecule has 2 aromatic rings. The first-order valence-electron chi connectivity index (χ1n) is 8.12. The summed E-state index contributed by atoms with van der Waals surface area (Å²) >= 11 is 0. The fraction of sp³-hybridized carbons (Fsp3) is 0.350. The highest BCUT2D eigenvalue weighted by atomic mass is 16.5. The van der Waals surface area contributed by atoms with Gasteiger partial charge in [0.2, 0.25) is 0 Å². The van der Waals surface area contributed by atoms with E-state index in [2.05, 4.69) is 53.8 Å². The van der Waals surface area contributed by atoms with Crippen LogP contribution in [0.5, 0.6) is 0 Å². The number of hydrogen-bond donors (Lipinski definition) is 1. The van der Waals surface area contributed by atoms with Crippen molar-refractivity contribution in [2.24, 2.45) is 5.92 Å². The van der Waals surface area contributed by atoms with Crippen molar-refractivity contribution in [2.45, 2.75) is 24.8 Å². The van der Waals surface area contributed by atoms with Gasteiger partial charge in [-0.1, -0.05) is 54.6 Å². The van der Waals surface area contributed by atoms with Gasteiger partial charge in [0.1, 0.15) is 0 Å². The number of carbonyl (C=O) groups excluding carboxylic acids is 1. The van der Waals surface area contributed by atoms with Crippen LogP contribution in [0.15, 0.2) is 54.6 Å².